The third-order valence-corrected chi connectivity index (χ3v) is 8.89. The van der Waals surface area contributed by atoms with Crippen molar-refractivity contribution in [1.29, 1.82) is 0 Å². The minimum atomic E-state index is -4.90. The van der Waals surface area contributed by atoms with Gasteiger partial charge in [0.05, 0.1) is 34.4 Å². The number of halogens is 9. The summed E-state index contributed by atoms with van der Waals surface area (Å²) >= 11 is 6.35. The van der Waals surface area contributed by atoms with Crippen LogP contribution in [0.2, 0.25) is 5.02 Å². The zero-order chi connectivity index (χ0) is 39.6. The van der Waals surface area contributed by atoms with Gasteiger partial charge in [0, 0.05) is 24.2 Å². The summed E-state index contributed by atoms with van der Waals surface area (Å²) in [4.78, 5) is 36.7. The second-order valence-corrected chi connectivity index (χ2v) is 13.5. The van der Waals surface area contributed by atoms with E-state index in [1.807, 2.05) is 0 Å². The fourth-order valence-electron chi connectivity index (χ4n) is 5.18. The molecule has 2 amide bonds. The number of carbonyl (C=O) groups excluding carboxylic acids is 2. The molecule has 2 aromatic carbocycles. The first-order valence-electron chi connectivity index (χ1n) is 16.3. The highest BCUT2D eigenvalue weighted by Gasteiger charge is 2.46. The van der Waals surface area contributed by atoms with Gasteiger partial charge in [-0.1, -0.05) is 43.6 Å². The zero-order valence-corrected chi connectivity index (χ0v) is 29.3. The number of hydrogen-bond acceptors (Lipinski definition) is 7. The Morgan fingerprint density at radius 3 is 2.35 bits per heavy atom. The summed E-state index contributed by atoms with van der Waals surface area (Å²) in [7, 11) is 0. The zero-order valence-electron chi connectivity index (χ0n) is 28.5. The summed E-state index contributed by atoms with van der Waals surface area (Å²) in [6.45, 7) is 0.581. The molecule has 5 rings (SSSR count). The lowest BCUT2D eigenvalue weighted by Gasteiger charge is -2.32. The molecule has 0 radical (unpaired) electrons. The van der Waals surface area contributed by atoms with Crippen LogP contribution in [0.5, 0.6) is 0 Å². The number of guanidine groups is 1. The first kappa shape index (κ1) is 40.1. The van der Waals surface area contributed by atoms with Crippen LogP contribution in [-0.4, -0.2) is 77.9 Å². The number of amides is 2. The highest BCUT2D eigenvalue weighted by Crippen LogP contribution is 2.40. The van der Waals surface area contributed by atoms with Gasteiger partial charge in [-0.15, -0.1) is 0 Å². The van der Waals surface area contributed by atoms with Crippen LogP contribution in [0.3, 0.4) is 0 Å². The van der Waals surface area contributed by atoms with E-state index in [0.29, 0.717) is 15.9 Å². The number of aliphatic imine (C=N–C) groups is 1. The number of aromatic nitrogens is 6. The molecule has 2 aromatic heterocycles. The first-order chi connectivity index (χ1) is 25.3. The maximum Gasteiger partial charge on any atom is 0.397 e. The Kier molecular flexibility index (Phi) is 11.6. The molecule has 21 heteroatoms. The molecular weight excluding hydrogens is 756 g/mol. The average Bonchev–Trinajstić information content (AvgIpc) is 3.59. The van der Waals surface area contributed by atoms with Crippen molar-refractivity contribution in [3.8, 4) is 16.9 Å². The van der Waals surface area contributed by atoms with Crippen molar-refractivity contribution >= 4 is 29.4 Å². The summed E-state index contributed by atoms with van der Waals surface area (Å²) in [5.74, 6) is -3.89. The van der Waals surface area contributed by atoms with Gasteiger partial charge in [-0.25, -0.2) is 18.4 Å². The number of nitrogens with zero attached hydrogens (tertiary/aromatic N) is 8. The van der Waals surface area contributed by atoms with Crippen LogP contribution in [0.25, 0.3) is 16.9 Å². The maximum atomic E-state index is 14.4. The second-order valence-electron chi connectivity index (χ2n) is 13.1. The third kappa shape index (κ3) is 9.50. The monoisotopic (exact) mass is 788 g/mol. The van der Waals surface area contributed by atoms with Gasteiger partial charge in [0.2, 0.25) is 5.91 Å². The number of rotatable bonds is 13. The van der Waals surface area contributed by atoms with Gasteiger partial charge in [-0.3, -0.25) is 19.5 Å². The number of carbonyl (C=O) groups is 2. The largest absolute Gasteiger partial charge is 0.397 e. The van der Waals surface area contributed by atoms with E-state index in [9.17, 15) is 44.7 Å². The molecule has 0 unspecified atom stereocenters. The van der Waals surface area contributed by atoms with E-state index in [2.05, 4.69) is 30.6 Å². The van der Waals surface area contributed by atoms with Gasteiger partial charge >= 0.3 is 12.4 Å². The Labute approximate surface area is 307 Å². The van der Waals surface area contributed by atoms with Crippen LogP contribution in [0.4, 0.5) is 35.1 Å². The maximum absolute atomic E-state index is 14.4. The lowest BCUT2D eigenvalue weighted by molar-refractivity contribution is -0.212. The number of nitrogens with one attached hydrogen (secondary N) is 1. The van der Waals surface area contributed by atoms with Gasteiger partial charge < -0.3 is 11.1 Å². The van der Waals surface area contributed by atoms with Crippen LogP contribution in [-0.2, 0) is 4.79 Å². The molecule has 1 atom stereocenters. The molecule has 0 bridgehead atoms. The number of hydrogen-bond donors (Lipinski definition) is 2. The smallest absolute Gasteiger partial charge is 0.369 e. The topological polar surface area (TPSA) is 149 Å². The molecular formula is C33H33ClF8N10O2. The second kappa shape index (κ2) is 15.7. The molecule has 3 N–H and O–H groups in total. The summed E-state index contributed by atoms with van der Waals surface area (Å²) in [5.41, 5.74) is 4.92. The van der Waals surface area contributed by atoms with E-state index in [4.69, 9.17) is 17.3 Å². The minimum absolute atomic E-state index is 0.0205. The van der Waals surface area contributed by atoms with Crippen molar-refractivity contribution in [3.05, 3.63) is 77.0 Å². The number of nitrogens with two attached hydrogens (primary N) is 1. The summed E-state index contributed by atoms with van der Waals surface area (Å²) in [6.07, 6.45) is -10.9. The van der Waals surface area contributed by atoms with Crippen molar-refractivity contribution < 1.29 is 44.7 Å². The number of alkyl halides is 8. The average molecular weight is 789 g/mol. The quantitative estimate of drug-likeness (QED) is 0.0842. The normalized spacial score (nSPS) is 14.7. The highest BCUT2D eigenvalue weighted by atomic mass is 35.5. The van der Waals surface area contributed by atoms with Crippen molar-refractivity contribution in [3.63, 3.8) is 0 Å². The molecule has 4 aromatic rings. The van der Waals surface area contributed by atoms with E-state index >= 15 is 0 Å². The molecule has 1 saturated carbocycles. The van der Waals surface area contributed by atoms with Crippen LogP contribution < -0.4 is 11.1 Å². The van der Waals surface area contributed by atoms with Gasteiger partial charge in [-0.2, -0.15) is 46.4 Å². The van der Waals surface area contributed by atoms with Crippen molar-refractivity contribution in [2.45, 2.75) is 70.4 Å². The molecule has 290 valence electrons. The third-order valence-electron chi connectivity index (χ3n) is 8.57. The van der Waals surface area contributed by atoms with Crippen molar-refractivity contribution in [1.82, 2.24) is 40.0 Å². The van der Waals surface area contributed by atoms with E-state index in [1.165, 1.54) is 30.3 Å². The fourth-order valence-corrected chi connectivity index (χ4v) is 5.38. The Morgan fingerprint density at radius 2 is 1.74 bits per heavy atom. The lowest BCUT2D eigenvalue weighted by atomic mass is 9.89. The van der Waals surface area contributed by atoms with Gasteiger partial charge in [0.25, 0.3) is 12.3 Å². The lowest BCUT2D eigenvalue weighted by Crippen LogP contribution is -2.48. The van der Waals surface area contributed by atoms with E-state index in [0.717, 1.165) is 37.9 Å². The van der Waals surface area contributed by atoms with Crippen LogP contribution in [0, 0.1) is 5.41 Å². The molecule has 2 heterocycles. The molecule has 0 saturated heterocycles. The fraction of sp³-hybridized carbons (Fsp3) is 0.424. The molecule has 12 nitrogen and oxygen atoms in total. The predicted octanol–water partition coefficient (Wildman–Crippen LogP) is 7.00. The van der Waals surface area contributed by atoms with E-state index < -0.39 is 79.8 Å². The van der Waals surface area contributed by atoms with Crippen molar-refractivity contribution in [2.75, 3.05) is 13.1 Å². The Morgan fingerprint density at radius 1 is 1.06 bits per heavy atom. The Bertz CT molecular complexity index is 1990. The van der Waals surface area contributed by atoms with Crippen LogP contribution in [0.15, 0.2) is 60.0 Å². The van der Waals surface area contributed by atoms with Gasteiger partial charge in [0.15, 0.2) is 11.8 Å². The Balaban J connectivity index is 1.58. The molecule has 1 aliphatic carbocycles. The van der Waals surface area contributed by atoms with Crippen LogP contribution in [0.1, 0.15) is 79.8 Å². The summed E-state index contributed by atoms with van der Waals surface area (Å²) < 4.78 is 109. The van der Waals surface area contributed by atoms with Crippen LogP contribution >= 0.6 is 11.6 Å². The number of benzene rings is 2. The summed E-state index contributed by atoms with van der Waals surface area (Å²) in [5, 5.41) is 14.5. The summed E-state index contributed by atoms with van der Waals surface area (Å²) in [6, 6.07) is 8.21. The van der Waals surface area contributed by atoms with Gasteiger partial charge in [-0.05, 0) is 49.1 Å². The molecule has 0 aliphatic heterocycles. The first-order valence-corrected chi connectivity index (χ1v) is 16.7. The molecule has 1 aliphatic rings. The molecule has 0 spiro atoms. The van der Waals surface area contributed by atoms with E-state index in [1.54, 1.807) is 23.1 Å². The molecule has 54 heavy (non-hydrogen) atoms. The molecule has 1 fully saturated rings. The highest BCUT2D eigenvalue weighted by molar-refractivity contribution is 6.32. The standard InChI is InChI=1S/C33H33ClF8N10O2/c1-31(2,33(40,41)42)11-12-44-30(43)50(29(54)19-5-3-18(4-6-19)23-15-47-52(49-23)21-8-9-21)25(16-45-26(53)14-32(37,38)39)20-7-10-22(34)24(13-20)51-28(27(35)36)46-17-48-51/h3-7,10,13,15,17,21,25,27H,8-9,11-12,14,16H2,1-2H3,(H2,43,44)(H,45,53)/t25-/m1/s1. The van der Waals surface area contributed by atoms with Crippen molar-refractivity contribution in [2.24, 2.45) is 16.1 Å². The van der Waals surface area contributed by atoms with E-state index in [-0.39, 0.29) is 27.9 Å². The minimum Gasteiger partial charge on any atom is -0.369 e. The SMILES string of the molecule is CC(C)(CCN=C(N)N(C(=O)c1ccc(-c2cnn(C3CC3)n2)cc1)[C@H](CNC(=O)CC(F)(F)F)c1ccc(Cl)c(-n2ncnc2C(F)F)c1)C(F)(F)F. The Hall–Kier alpha value is -5.14. The predicted molar refractivity (Wildman–Crippen MR) is 179 cm³/mol. The van der Waals surface area contributed by atoms with Gasteiger partial charge in [0.1, 0.15) is 18.4 Å².